The fraction of sp³-hybridized carbons (Fsp3) is 0.600. The zero-order chi connectivity index (χ0) is 14.8. The molecule has 1 aliphatic rings. The summed E-state index contributed by atoms with van der Waals surface area (Å²) in [5.74, 6) is 0.520. The quantitative estimate of drug-likeness (QED) is 0.654. The van der Waals surface area contributed by atoms with Crippen LogP contribution in [0.2, 0.25) is 0 Å². The van der Waals surface area contributed by atoms with Gasteiger partial charge in [0.05, 0.1) is 17.1 Å². The highest BCUT2D eigenvalue weighted by Gasteiger charge is 2.36. The highest BCUT2D eigenvalue weighted by Crippen LogP contribution is 2.38. The van der Waals surface area contributed by atoms with E-state index in [1.807, 2.05) is 13.0 Å². The third-order valence-corrected chi connectivity index (χ3v) is 4.23. The van der Waals surface area contributed by atoms with Gasteiger partial charge in [0.2, 0.25) is 0 Å². The average molecular weight is 278 g/mol. The predicted molar refractivity (Wildman–Crippen MR) is 78.9 cm³/mol. The van der Waals surface area contributed by atoms with Gasteiger partial charge in [-0.15, -0.1) is 0 Å². The van der Waals surface area contributed by atoms with E-state index in [0.717, 1.165) is 31.2 Å². The SMILES string of the molecule is Cc1cccc([N+](=O)[O-])c1NC1(CO)CCCC(C)C1. The summed E-state index contributed by atoms with van der Waals surface area (Å²) in [4.78, 5) is 10.8. The van der Waals surface area contributed by atoms with Gasteiger partial charge in [-0.2, -0.15) is 0 Å². The Morgan fingerprint density at radius 3 is 2.90 bits per heavy atom. The van der Waals surface area contributed by atoms with Gasteiger partial charge in [-0.25, -0.2) is 0 Å². The number of nitro groups is 1. The number of hydrogen-bond donors (Lipinski definition) is 2. The molecule has 2 N–H and O–H groups in total. The summed E-state index contributed by atoms with van der Waals surface area (Å²) >= 11 is 0. The van der Waals surface area contributed by atoms with Crippen LogP contribution in [-0.4, -0.2) is 22.2 Å². The minimum Gasteiger partial charge on any atom is -0.394 e. The molecule has 20 heavy (non-hydrogen) atoms. The molecular weight excluding hydrogens is 256 g/mol. The molecule has 0 amide bonds. The van der Waals surface area contributed by atoms with Crippen LogP contribution in [0.3, 0.4) is 0 Å². The van der Waals surface area contributed by atoms with Crippen LogP contribution in [0.4, 0.5) is 11.4 Å². The number of rotatable bonds is 4. The van der Waals surface area contributed by atoms with Gasteiger partial charge in [-0.1, -0.05) is 31.9 Å². The van der Waals surface area contributed by atoms with Gasteiger partial charge in [0, 0.05) is 6.07 Å². The van der Waals surface area contributed by atoms with Crippen molar-refractivity contribution in [2.75, 3.05) is 11.9 Å². The maximum Gasteiger partial charge on any atom is 0.292 e. The van der Waals surface area contributed by atoms with E-state index in [4.69, 9.17) is 0 Å². The number of nitrogens with zero attached hydrogens (tertiary/aromatic N) is 1. The molecule has 2 unspecified atom stereocenters. The summed E-state index contributed by atoms with van der Waals surface area (Å²) in [7, 11) is 0. The second-order valence-electron chi connectivity index (χ2n) is 5.99. The number of hydrogen-bond acceptors (Lipinski definition) is 4. The van der Waals surface area contributed by atoms with Crippen molar-refractivity contribution in [3.8, 4) is 0 Å². The molecule has 1 aromatic rings. The van der Waals surface area contributed by atoms with Gasteiger partial charge >= 0.3 is 0 Å². The minimum atomic E-state index is -0.436. The molecule has 0 heterocycles. The summed E-state index contributed by atoms with van der Waals surface area (Å²) in [6.45, 7) is 4.02. The summed E-state index contributed by atoms with van der Waals surface area (Å²) in [5, 5.41) is 24.3. The lowest BCUT2D eigenvalue weighted by Gasteiger charge is -2.40. The smallest absolute Gasteiger partial charge is 0.292 e. The number of para-hydroxylation sites is 1. The summed E-state index contributed by atoms with van der Waals surface area (Å²) in [5.41, 5.74) is 1.02. The molecule has 0 saturated heterocycles. The summed E-state index contributed by atoms with van der Waals surface area (Å²) in [6.07, 6.45) is 3.88. The van der Waals surface area contributed by atoms with Crippen molar-refractivity contribution < 1.29 is 10.0 Å². The number of aliphatic hydroxyl groups is 1. The van der Waals surface area contributed by atoms with E-state index >= 15 is 0 Å². The molecule has 0 radical (unpaired) electrons. The van der Waals surface area contributed by atoms with Crippen LogP contribution < -0.4 is 5.32 Å². The lowest BCUT2D eigenvalue weighted by Crippen LogP contribution is -2.46. The van der Waals surface area contributed by atoms with Crippen LogP contribution in [0.1, 0.15) is 38.2 Å². The Balaban J connectivity index is 2.34. The highest BCUT2D eigenvalue weighted by molar-refractivity contribution is 5.67. The number of nitro benzene ring substituents is 1. The largest absolute Gasteiger partial charge is 0.394 e. The lowest BCUT2D eigenvalue weighted by molar-refractivity contribution is -0.384. The first-order valence-corrected chi connectivity index (χ1v) is 7.10. The molecule has 0 bridgehead atoms. The monoisotopic (exact) mass is 278 g/mol. The molecule has 1 fully saturated rings. The van der Waals surface area contributed by atoms with Crippen molar-refractivity contribution in [3.05, 3.63) is 33.9 Å². The first kappa shape index (κ1) is 14.8. The van der Waals surface area contributed by atoms with Crippen molar-refractivity contribution in [2.24, 2.45) is 5.92 Å². The van der Waals surface area contributed by atoms with E-state index in [1.54, 1.807) is 6.07 Å². The molecule has 1 saturated carbocycles. The van der Waals surface area contributed by atoms with E-state index in [1.165, 1.54) is 6.07 Å². The molecule has 5 heteroatoms. The van der Waals surface area contributed by atoms with Gasteiger partial charge in [-0.3, -0.25) is 10.1 Å². The van der Waals surface area contributed by atoms with Crippen LogP contribution in [0, 0.1) is 23.0 Å². The van der Waals surface area contributed by atoms with E-state index < -0.39 is 5.54 Å². The normalized spacial score (nSPS) is 26.2. The number of aliphatic hydroxyl groups excluding tert-OH is 1. The van der Waals surface area contributed by atoms with Gasteiger partial charge in [-0.05, 0) is 31.2 Å². The Morgan fingerprint density at radius 1 is 1.55 bits per heavy atom. The zero-order valence-electron chi connectivity index (χ0n) is 12.1. The van der Waals surface area contributed by atoms with Gasteiger partial charge in [0.15, 0.2) is 0 Å². The van der Waals surface area contributed by atoms with Crippen molar-refractivity contribution in [2.45, 2.75) is 45.1 Å². The Bertz CT molecular complexity index is 504. The third kappa shape index (κ3) is 2.93. The fourth-order valence-corrected chi connectivity index (χ4v) is 3.19. The molecule has 2 atom stereocenters. The van der Waals surface area contributed by atoms with E-state index in [-0.39, 0.29) is 17.2 Å². The second kappa shape index (κ2) is 5.79. The van der Waals surface area contributed by atoms with E-state index in [9.17, 15) is 15.2 Å². The molecule has 1 aliphatic carbocycles. The van der Waals surface area contributed by atoms with Crippen molar-refractivity contribution in [3.63, 3.8) is 0 Å². The maximum absolute atomic E-state index is 11.2. The molecule has 110 valence electrons. The Hall–Kier alpha value is -1.62. The molecule has 0 spiro atoms. The third-order valence-electron chi connectivity index (χ3n) is 4.23. The summed E-state index contributed by atoms with van der Waals surface area (Å²) < 4.78 is 0. The lowest BCUT2D eigenvalue weighted by atomic mass is 9.76. The number of nitrogens with one attached hydrogen (secondary N) is 1. The molecular formula is C15H22N2O3. The Kier molecular flexibility index (Phi) is 4.28. The Labute approximate surface area is 119 Å². The molecule has 5 nitrogen and oxygen atoms in total. The standard InChI is InChI=1S/C15H22N2O3/c1-11-5-4-8-15(9-11,10-18)16-14-12(2)6-3-7-13(14)17(19)20/h3,6-7,11,16,18H,4-5,8-10H2,1-2H3. The van der Waals surface area contributed by atoms with E-state index in [2.05, 4.69) is 12.2 Å². The molecule has 2 rings (SSSR count). The van der Waals surface area contributed by atoms with Crippen molar-refractivity contribution in [1.82, 2.24) is 0 Å². The molecule has 1 aromatic carbocycles. The molecule has 0 aliphatic heterocycles. The number of anilines is 1. The van der Waals surface area contributed by atoms with Crippen molar-refractivity contribution in [1.29, 1.82) is 0 Å². The first-order valence-electron chi connectivity index (χ1n) is 7.10. The highest BCUT2D eigenvalue weighted by atomic mass is 16.6. The van der Waals surface area contributed by atoms with Gasteiger partial charge in [0.25, 0.3) is 5.69 Å². The number of benzene rings is 1. The fourth-order valence-electron chi connectivity index (χ4n) is 3.19. The van der Waals surface area contributed by atoms with Gasteiger partial charge < -0.3 is 10.4 Å². The van der Waals surface area contributed by atoms with Crippen LogP contribution in [0.5, 0.6) is 0 Å². The number of aryl methyl sites for hydroxylation is 1. The van der Waals surface area contributed by atoms with Crippen LogP contribution in [0.25, 0.3) is 0 Å². The second-order valence-corrected chi connectivity index (χ2v) is 5.99. The minimum absolute atomic E-state index is 0.00281. The maximum atomic E-state index is 11.2. The average Bonchev–Trinajstić information content (AvgIpc) is 2.41. The first-order chi connectivity index (χ1) is 9.47. The van der Waals surface area contributed by atoms with Crippen LogP contribution in [0.15, 0.2) is 18.2 Å². The topological polar surface area (TPSA) is 75.4 Å². The van der Waals surface area contributed by atoms with Gasteiger partial charge in [0.1, 0.15) is 5.69 Å². The van der Waals surface area contributed by atoms with Crippen molar-refractivity contribution >= 4 is 11.4 Å². The molecule has 0 aromatic heterocycles. The summed E-state index contributed by atoms with van der Waals surface area (Å²) in [6, 6.07) is 5.05. The van der Waals surface area contributed by atoms with Crippen LogP contribution >= 0.6 is 0 Å². The predicted octanol–water partition coefficient (Wildman–Crippen LogP) is 3.26. The van der Waals surface area contributed by atoms with E-state index in [0.29, 0.717) is 11.6 Å². The van der Waals surface area contributed by atoms with Crippen LogP contribution in [-0.2, 0) is 0 Å². The Morgan fingerprint density at radius 2 is 2.30 bits per heavy atom. The zero-order valence-corrected chi connectivity index (χ0v) is 12.1.